The van der Waals surface area contributed by atoms with Gasteiger partial charge in [-0.3, -0.25) is 4.79 Å². The molecule has 0 radical (unpaired) electrons. The molecule has 2 aromatic rings. The van der Waals surface area contributed by atoms with Crippen molar-refractivity contribution in [2.24, 2.45) is 5.92 Å². The van der Waals surface area contributed by atoms with Crippen molar-refractivity contribution < 1.29 is 4.79 Å². The van der Waals surface area contributed by atoms with E-state index < -0.39 is 0 Å². The summed E-state index contributed by atoms with van der Waals surface area (Å²) in [5.41, 5.74) is 4.70. The molecule has 0 aromatic heterocycles. The zero-order valence-corrected chi connectivity index (χ0v) is 16.1. The van der Waals surface area contributed by atoms with Gasteiger partial charge in [0.1, 0.15) is 0 Å². The van der Waals surface area contributed by atoms with E-state index in [0.717, 1.165) is 29.7 Å². The molecule has 3 nitrogen and oxygen atoms in total. The summed E-state index contributed by atoms with van der Waals surface area (Å²) in [5.74, 6) is 0.596. The Bertz CT molecular complexity index is 781. The summed E-state index contributed by atoms with van der Waals surface area (Å²) in [5, 5.41) is 3.11. The number of nitrogens with one attached hydrogen (secondary N) is 1. The molecule has 0 spiro atoms. The lowest BCUT2D eigenvalue weighted by Gasteiger charge is -2.20. The molecule has 25 heavy (non-hydrogen) atoms. The number of hydrogen-bond donors (Lipinski definition) is 1. The summed E-state index contributed by atoms with van der Waals surface area (Å²) in [4.78, 5) is 15.0. The van der Waals surface area contributed by atoms with Gasteiger partial charge in [-0.15, -0.1) is 0 Å². The topological polar surface area (TPSA) is 32.3 Å². The maximum atomic E-state index is 12.5. The molecular formula is C21H23BrN2O. The molecule has 4 heteroatoms. The SMILES string of the molecule is Cc1cc(NC(=O)C2CC2c2ccc(Br)cc2)ccc1N1CCCC1. The molecule has 1 heterocycles. The summed E-state index contributed by atoms with van der Waals surface area (Å²) < 4.78 is 1.08. The number of carbonyl (C=O) groups excluding carboxylic acids is 1. The molecule has 1 amide bonds. The van der Waals surface area contributed by atoms with Crippen LogP contribution in [0.3, 0.4) is 0 Å². The van der Waals surface area contributed by atoms with E-state index in [1.165, 1.54) is 29.7 Å². The third-order valence-electron chi connectivity index (χ3n) is 5.34. The predicted molar refractivity (Wildman–Crippen MR) is 106 cm³/mol. The number of nitrogens with zero attached hydrogens (tertiary/aromatic N) is 1. The first-order chi connectivity index (χ1) is 12.1. The molecule has 2 atom stereocenters. The summed E-state index contributed by atoms with van der Waals surface area (Å²) >= 11 is 3.46. The third kappa shape index (κ3) is 3.59. The summed E-state index contributed by atoms with van der Waals surface area (Å²) in [6.07, 6.45) is 3.49. The first-order valence-electron chi connectivity index (χ1n) is 9.04. The minimum atomic E-state index is 0.0970. The Morgan fingerprint density at radius 2 is 1.84 bits per heavy atom. The fourth-order valence-corrected chi connectivity index (χ4v) is 4.11. The lowest BCUT2D eigenvalue weighted by molar-refractivity contribution is -0.117. The standard InChI is InChI=1S/C21H23BrN2O/c1-14-12-17(8-9-20(14)24-10-2-3-11-24)23-21(25)19-13-18(19)15-4-6-16(22)7-5-15/h4-9,12,18-19H,2-3,10-11,13H2,1H3,(H,23,25). The highest BCUT2D eigenvalue weighted by molar-refractivity contribution is 9.10. The Kier molecular flexibility index (Phi) is 4.55. The van der Waals surface area contributed by atoms with Gasteiger partial charge in [0.05, 0.1) is 0 Å². The predicted octanol–water partition coefficient (Wildman–Crippen LogP) is 5.10. The Morgan fingerprint density at radius 3 is 2.52 bits per heavy atom. The highest BCUT2D eigenvalue weighted by Gasteiger charge is 2.43. The van der Waals surface area contributed by atoms with E-state index in [1.54, 1.807) is 0 Å². The average Bonchev–Trinajstić information content (AvgIpc) is 3.22. The third-order valence-corrected chi connectivity index (χ3v) is 5.87. The van der Waals surface area contributed by atoms with E-state index in [9.17, 15) is 4.79 Å². The second kappa shape index (κ2) is 6.83. The Balaban J connectivity index is 1.40. The van der Waals surface area contributed by atoms with Crippen LogP contribution < -0.4 is 10.2 Å². The van der Waals surface area contributed by atoms with E-state index in [2.05, 4.69) is 57.3 Å². The molecular weight excluding hydrogens is 376 g/mol. The molecule has 1 aliphatic heterocycles. The fourth-order valence-electron chi connectivity index (χ4n) is 3.84. The molecule has 2 aliphatic rings. The van der Waals surface area contributed by atoms with Gasteiger partial charge in [0, 0.05) is 34.9 Å². The van der Waals surface area contributed by atoms with Crippen LogP contribution in [-0.2, 0) is 4.79 Å². The largest absolute Gasteiger partial charge is 0.371 e. The number of halogens is 1. The smallest absolute Gasteiger partial charge is 0.228 e. The van der Waals surface area contributed by atoms with Crippen LogP contribution >= 0.6 is 15.9 Å². The van der Waals surface area contributed by atoms with Crippen molar-refractivity contribution in [1.82, 2.24) is 0 Å². The van der Waals surface area contributed by atoms with E-state index >= 15 is 0 Å². The summed E-state index contributed by atoms with van der Waals surface area (Å²) in [7, 11) is 0. The van der Waals surface area contributed by atoms with Crippen LogP contribution in [0, 0.1) is 12.8 Å². The zero-order valence-electron chi connectivity index (χ0n) is 14.5. The maximum Gasteiger partial charge on any atom is 0.228 e. The number of aryl methyl sites for hydroxylation is 1. The van der Waals surface area contributed by atoms with Crippen LogP contribution in [0.1, 0.15) is 36.3 Å². The molecule has 1 saturated carbocycles. The van der Waals surface area contributed by atoms with E-state index in [1.807, 2.05) is 18.2 Å². The Labute approximate surface area is 157 Å². The second-order valence-electron chi connectivity index (χ2n) is 7.18. The van der Waals surface area contributed by atoms with Gasteiger partial charge in [0.15, 0.2) is 0 Å². The van der Waals surface area contributed by atoms with Gasteiger partial charge in [-0.2, -0.15) is 0 Å². The van der Waals surface area contributed by atoms with Crippen molar-refractivity contribution in [3.05, 3.63) is 58.1 Å². The molecule has 1 saturated heterocycles. The van der Waals surface area contributed by atoms with Crippen molar-refractivity contribution in [2.45, 2.75) is 32.1 Å². The molecule has 2 aromatic carbocycles. The lowest BCUT2D eigenvalue weighted by atomic mass is 10.1. The van der Waals surface area contributed by atoms with Crippen molar-refractivity contribution in [1.29, 1.82) is 0 Å². The minimum absolute atomic E-state index is 0.0970. The highest BCUT2D eigenvalue weighted by atomic mass is 79.9. The first-order valence-corrected chi connectivity index (χ1v) is 9.83. The van der Waals surface area contributed by atoms with Crippen molar-refractivity contribution >= 4 is 33.2 Å². The van der Waals surface area contributed by atoms with E-state index in [0.29, 0.717) is 5.92 Å². The van der Waals surface area contributed by atoms with Crippen LogP contribution in [0.5, 0.6) is 0 Å². The van der Waals surface area contributed by atoms with E-state index in [-0.39, 0.29) is 11.8 Å². The normalized spacial score (nSPS) is 22.1. The fraction of sp³-hybridized carbons (Fsp3) is 0.381. The monoisotopic (exact) mass is 398 g/mol. The highest BCUT2D eigenvalue weighted by Crippen LogP contribution is 2.48. The quantitative estimate of drug-likeness (QED) is 0.776. The molecule has 2 unspecified atom stereocenters. The van der Waals surface area contributed by atoms with Crippen LogP contribution in [-0.4, -0.2) is 19.0 Å². The molecule has 2 fully saturated rings. The number of rotatable bonds is 4. The van der Waals surface area contributed by atoms with Gasteiger partial charge in [0.25, 0.3) is 0 Å². The number of benzene rings is 2. The molecule has 0 bridgehead atoms. The van der Waals surface area contributed by atoms with Crippen LogP contribution in [0.25, 0.3) is 0 Å². The van der Waals surface area contributed by atoms with Crippen LogP contribution in [0.2, 0.25) is 0 Å². The molecule has 1 N–H and O–H groups in total. The van der Waals surface area contributed by atoms with Crippen molar-refractivity contribution in [2.75, 3.05) is 23.3 Å². The number of amides is 1. The second-order valence-corrected chi connectivity index (χ2v) is 8.10. The van der Waals surface area contributed by atoms with Gasteiger partial charge in [-0.1, -0.05) is 28.1 Å². The number of hydrogen-bond acceptors (Lipinski definition) is 2. The molecule has 130 valence electrons. The minimum Gasteiger partial charge on any atom is -0.371 e. The Hall–Kier alpha value is -1.81. The Morgan fingerprint density at radius 1 is 1.12 bits per heavy atom. The zero-order chi connectivity index (χ0) is 17.4. The maximum absolute atomic E-state index is 12.5. The van der Waals surface area contributed by atoms with Crippen LogP contribution in [0.4, 0.5) is 11.4 Å². The van der Waals surface area contributed by atoms with Crippen molar-refractivity contribution in [3.63, 3.8) is 0 Å². The summed E-state index contributed by atoms with van der Waals surface area (Å²) in [6, 6.07) is 14.6. The van der Waals surface area contributed by atoms with Gasteiger partial charge in [-0.25, -0.2) is 0 Å². The summed E-state index contributed by atoms with van der Waals surface area (Å²) in [6.45, 7) is 4.41. The number of carbonyl (C=O) groups is 1. The van der Waals surface area contributed by atoms with Crippen molar-refractivity contribution in [3.8, 4) is 0 Å². The van der Waals surface area contributed by atoms with Gasteiger partial charge in [-0.05, 0) is 73.6 Å². The van der Waals surface area contributed by atoms with Crippen LogP contribution in [0.15, 0.2) is 46.9 Å². The number of anilines is 2. The van der Waals surface area contributed by atoms with Gasteiger partial charge in [0.2, 0.25) is 5.91 Å². The van der Waals surface area contributed by atoms with E-state index in [4.69, 9.17) is 0 Å². The molecule has 1 aliphatic carbocycles. The molecule has 4 rings (SSSR count). The first kappa shape index (κ1) is 16.6. The lowest BCUT2D eigenvalue weighted by Crippen LogP contribution is -2.19. The van der Waals surface area contributed by atoms with Gasteiger partial charge < -0.3 is 10.2 Å². The average molecular weight is 399 g/mol. The van der Waals surface area contributed by atoms with Gasteiger partial charge >= 0.3 is 0 Å².